The molecule has 0 aliphatic carbocycles. The molecule has 140 valence electrons. The number of nitrogens with zero attached hydrogens (tertiary/aromatic N) is 1. The SMILES string of the molecule is Cc1noc(C)c1COc1ccc(C(=O)NNC(=O)OC(C)(C)C)cc1. The lowest BCUT2D eigenvalue weighted by atomic mass is 10.2. The second kappa shape index (κ2) is 7.90. The van der Waals surface area contributed by atoms with Crippen molar-refractivity contribution < 1.29 is 23.6 Å². The Morgan fingerprint density at radius 2 is 1.77 bits per heavy atom. The summed E-state index contributed by atoms with van der Waals surface area (Å²) in [4.78, 5) is 23.5. The molecule has 0 bridgehead atoms. The van der Waals surface area contributed by atoms with Crippen molar-refractivity contribution in [3.05, 3.63) is 46.8 Å². The minimum atomic E-state index is -0.731. The Morgan fingerprint density at radius 3 is 2.31 bits per heavy atom. The van der Waals surface area contributed by atoms with Crippen LogP contribution < -0.4 is 15.6 Å². The number of hydrazine groups is 1. The molecule has 8 heteroatoms. The number of nitrogens with one attached hydrogen (secondary N) is 2. The maximum Gasteiger partial charge on any atom is 0.426 e. The molecular weight excluding hydrogens is 338 g/mol. The second-order valence-corrected chi connectivity index (χ2v) is 6.70. The normalized spacial score (nSPS) is 11.0. The van der Waals surface area contributed by atoms with Gasteiger partial charge in [0.1, 0.15) is 23.7 Å². The Balaban J connectivity index is 1.86. The van der Waals surface area contributed by atoms with Gasteiger partial charge in [-0.25, -0.2) is 10.2 Å². The topological polar surface area (TPSA) is 103 Å². The molecule has 2 aromatic rings. The number of carbonyl (C=O) groups is 2. The van der Waals surface area contributed by atoms with Crippen LogP contribution in [0.2, 0.25) is 0 Å². The van der Waals surface area contributed by atoms with Gasteiger partial charge in [-0.2, -0.15) is 0 Å². The summed E-state index contributed by atoms with van der Waals surface area (Å²) in [5, 5.41) is 3.87. The van der Waals surface area contributed by atoms with Gasteiger partial charge in [0.2, 0.25) is 0 Å². The van der Waals surface area contributed by atoms with E-state index in [-0.39, 0.29) is 0 Å². The molecule has 0 spiro atoms. The molecule has 2 rings (SSSR count). The summed E-state index contributed by atoms with van der Waals surface area (Å²) >= 11 is 0. The van der Waals surface area contributed by atoms with Gasteiger partial charge in [0.05, 0.1) is 11.3 Å². The van der Waals surface area contributed by atoms with E-state index in [1.807, 2.05) is 13.8 Å². The van der Waals surface area contributed by atoms with Crippen LogP contribution >= 0.6 is 0 Å². The lowest BCUT2D eigenvalue weighted by Crippen LogP contribution is -2.44. The van der Waals surface area contributed by atoms with Gasteiger partial charge in [-0.15, -0.1) is 0 Å². The molecule has 0 aliphatic heterocycles. The monoisotopic (exact) mass is 361 g/mol. The van der Waals surface area contributed by atoms with Crippen LogP contribution in [0.15, 0.2) is 28.8 Å². The van der Waals surface area contributed by atoms with Crippen LogP contribution in [0.5, 0.6) is 5.75 Å². The van der Waals surface area contributed by atoms with Gasteiger partial charge in [-0.1, -0.05) is 5.16 Å². The minimum absolute atomic E-state index is 0.326. The van der Waals surface area contributed by atoms with Gasteiger partial charge in [0.25, 0.3) is 5.91 Å². The van der Waals surface area contributed by atoms with Crippen LogP contribution in [0, 0.1) is 13.8 Å². The Labute approximate surface area is 151 Å². The first kappa shape index (κ1) is 19.3. The molecule has 1 aromatic heterocycles. The maximum absolute atomic E-state index is 12.0. The fraction of sp³-hybridized carbons (Fsp3) is 0.389. The first-order chi connectivity index (χ1) is 12.2. The van der Waals surface area contributed by atoms with Gasteiger partial charge in [0.15, 0.2) is 0 Å². The Kier molecular flexibility index (Phi) is 5.86. The Hall–Kier alpha value is -3.03. The first-order valence-electron chi connectivity index (χ1n) is 8.09. The van der Waals surface area contributed by atoms with Crippen LogP contribution in [0.4, 0.5) is 4.79 Å². The number of benzene rings is 1. The van der Waals surface area contributed by atoms with Gasteiger partial charge in [-0.3, -0.25) is 10.2 Å². The quantitative estimate of drug-likeness (QED) is 0.812. The molecule has 1 aromatic carbocycles. The molecule has 1 heterocycles. The Morgan fingerprint density at radius 1 is 1.12 bits per heavy atom. The van der Waals surface area contributed by atoms with E-state index >= 15 is 0 Å². The molecule has 0 aliphatic rings. The molecule has 0 radical (unpaired) electrons. The number of ether oxygens (including phenoxy) is 2. The summed E-state index contributed by atoms with van der Waals surface area (Å²) in [5.74, 6) is 0.849. The van der Waals surface area contributed by atoms with Crippen molar-refractivity contribution in [3.63, 3.8) is 0 Å². The van der Waals surface area contributed by atoms with Crippen molar-refractivity contribution in [3.8, 4) is 5.75 Å². The lowest BCUT2D eigenvalue weighted by Gasteiger charge is -2.19. The third-order valence-corrected chi connectivity index (χ3v) is 3.36. The number of hydrogen-bond donors (Lipinski definition) is 2. The number of aryl methyl sites for hydroxylation is 2. The van der Waals surface area contributed by atoms with E-state index in [1.165, 1.54) is 0 Å². The predicted octanol–water partition coefficient (Wildman–Crippen LogP) is 3.04. The van der Waals surface area contributed by atoms with Crippen molar-refractivity contribution in [2.24, 2.45) is 0 Å². The largest absolute Gasteiger partial charge is 0.489 e. The molecule has 0 fully saturated rings. The minimum Gasteiger partial charge on any atom is -0.489 e. The highest BCUT2D eigenvalue weighted by atomic mass is 16.6. The highest BCUT2D eigenvalue weighted by Gasteiger charge is 2.17. The highest BCUT2D eigenvalue weighted by Crippen LogP contribution is 2.18. The van der Waals surface area contributed by atoms with Gasteiger partial charge in [0, 0.05) is 5.56 Å². The molecule has 8 nitrogen and oxygen atoms in total. The fourth-order valence-electron chi connectivity index (χ4n) is 2.05. The van der Waals surface area contributed by atoms with E-state index in [0.29, 0.717) is 23.7 Å². The summed E-state index contributed by atoms with van der Waals surface area (Å²) in [6.07, 6.45) is -0.731. The summed E-state index contributed by atoms with van der Waals surface area (Å²) < 4.78 is 15.8. The summed E-state index contributed by atoms with van der Waals surface area (Å²) in [6, 6.07) is 6.52. The Bertz CT molecular complexity index is 756. The summed E-state index contributed by atoms with van der Waals surface area (Å²) in [7, 11) is 0. The van der Waals surface area contributed by atoms with Gasteiger partial charge in [-0.05, 0) is 58.9 Å². The molecule has 2 amide bonds. The van der Waals surface area contributed by atoms with Crippen LogP contribution in [-0.4, -0.2) is 22.8 Å². The zero-order valence-corrected chi connectivity index (χ0v) is 15.5. The van der Waals surface area contributed by atoms with E-state index in [1.54, 1.807) is 45.0 Å². The van der Waals surface area contributed by atoms with E-state index in [4.69, 9.17) is 14.0 Å². The number of amides is 2. The van der Waals surface area contributed by atoms with E-state index < -0.39 is 17.6 Å². The van der Waals surface area contributed by atoms with Crippen LogP contribution in [0.1, 0.15) is 48.1 Å². The van der Waals surface area contributed by atoms with Crippen molar-refractivity contribution in [2.45, 2.75) is 46.8 Å². The summed E-state index contributed by atoms with van der Waals surface area (Å²) in [5.41, 5.74) is 5.89. The number of hydrogen-bond acceptors (Lipinski definition) is 6. The average Bonchev–Trinajstić information content (AvgIpc) is 2.88. The molecule has 0 atom stereocenters. The van der Waals surface area contributed by atoms with Crippen molar-refractivity contribution in [1.29, 1.82) is 0 Å². The molecule has 0 unspecified atom stereocenters. The van der Waals surface area contributed by atoms with E-state index in [2.05, 4.69) is 16.0 Å². The van der Waals surface area contributed by atoms with Gasteiger partial charge < -0.3 is 14.0 Å². The molecule has 0 saturated heterocycles. The number of carbonyl (C=O) groups excluding carboxylic acids is 2. The number of rotatable bonds is 4. The van der Waals surface area contributed by atoms with Gasteiger partial charge >= 0.3 is 6.09 Å². The first-order valence-corrected chi connectivity index (χ1v) is 8.09. The smallest absolute Gasteiger partial charge is 0.426 e. The summed E-state index contributed by atoms with van der Waals surface area (Å²) in [6.45, 7) is 9.19. The van der Waals surface area contributed by atoms with Crippen LogP contribution in [0.3, 0.4) is 0 Å². The predicted molar refractivity (Wildman–Crippen MR) is 93.6 cm³/mol. The van der Waals surface area contributed by atoms with Crippen LogP contribution in [-0.2, 0) is 11.3 Å². The molecular formula is C18H23N3O5. The zero-order chi connectivity index (χ0) is 19.3. The van der Waals surface area contributed by atoms with Crippen molar-refractivity contribution >= 4 is 12.0 Å². The average molecular weight is 361 g/mol. The number of aromatic nitrogens is 1. The second-order valence-electron chi connectivity index (χ2n) is 6.70. The van der Waals surface area contributed by atoms with Crippen molar-refractivity contribution in [1.82, 2.24) is 16.0 Å². The zero-order valence-electron chi connectivity index (χ0n) is 15.5. The third-order valence-electron chi connectivity index (χ3n) is 3.36. The highest BCUT2D eigenvalue weighted by molar-refractivity contribution is 5.95. The molecule has 26 heavy (non-hydrogen) atoms. The lowest BCUT2D eigenvalue weighted by molar-refractivity contribution is 0.0483. The fourth-order valence-corrected chi connectivity index (χ4v) is 2.05. The molecule has 0 saturated carbocycles. The van der Waals surface area contributed by atoms with Crippen molar-refractivity contribution in [2.75, 3.05) is 0 Å². The third kappa shape index (κ3) is 5.51. The standard InChI is InChI=1S/C18H23N3O5/c1-11-15(12(2)26-21-11)10-24-14-8-6-13(7-9-14)16(22)19-20-17(23)25-18(3,4)5/h6-9H,10H2,1-5H3,(H,19,22)(H,20,23). The van der Waals surface area contributed by atoms with E-state index in [0.717, 1.165) is 11.3 Å². The van der Waals surface area contributed by atoms with E-state index in [9.17, 15) is 9.59 Å². The maximum atomic E-state index is 12.0. The van der Waals surface area contributed by atoms with Crippen LogP contribution in [0.25, 0.3) is 0 Å². The molecule has 2 N–H and O–H groups in total.